The maximum absolute atomic E-state index is 15.1. The number of aromatic hydroxyl groups is 1. The van der Waals surface area contributed by atoms with Crippen molar-refractivity contribution >= 4 is 5.69 Å². The van der Waals surface area contributed by atoms with E-state index in [-0.39, 0.29) is 11.9 Å². The summed E-state index contributed by atoms with van der Waals surface area (Å²) in [6.45, 7) is 5.48. The highest BCUT2D eigenvalue weighted by Gasteiger charge is 2.25. The number of methoxy groups -OCH3 is 1. The molecule has 38 heavy (non-hydrogen) atoms. The van der Waals surface area contributed by atoms with E-state index in [9.17, 15) is 5.11 Å². The van der Waals surface area contributed by atoms with Gasteiger partial charge in [-0.2, -0.15) is 0 Å². The van der Waals surface area contributed by atoms with Gasteiger partial charge in [-0.05, 0) is 105 Å². The van der Waals surface area contributed by atoms with Gasteiger partial charge >= 0.3 is 0 Å². The van der Waals surface area contributed by atoms with Gasteiger partial charge in [0, 0.05) is 37.9 Å². The zero-order valence-corrected chi connectivity index (χ0v) is 22.8. The molecule has 2 aliphatic rings. The van der Waals surface area contributed by atoms with Crippen molar-refractivity contribution in [3.63, 3.8) is 0 Å². The fraction of sp³-hybridized carbons (Fsp3) is 0.438. The quantitative estimate of drug-likeness (QED) is 0.379. The third-order valence-corrected chi connectivity index (χ3v) is 8.15. The van der Waals surface area contributed by atoms with Crippen LogP contribution in [0.2, 0.25) is 0 Å². The van der Waals surface area contributed by atoms with Crippen LogP contribution in [0.1, 0.15) is 54.4 Å². The number of anilines is 1. The molecule has 5 nitrogen and oxygen atoms in total. The second-order valence-electron chi connectivity index (χ2n) is 10.7. The molecular weight excluding hydrogens is 479 g/mol. The van der Waals surface area contributed by atoms with Crippen LogP contribution in [-0.4, -0.2) is 49.9 Å². The lowest BCUT2D eigenvalue weighted by Gasteiger charge is -2.32. The molecular formula is C32H39FN2O3. The minimum absolute atomic E-state index is 0.0719. The highest BCUT2D eigenvalue weighted by Crippen LogP contribution is 2.40. The van der Waals surface area contributed by atoms with E-state index in [2.05, 4.69) is 42.0 Å². The Labute approximate surface area is 225 Å². The highest BCUT2D eigenvalue weighted by atomic mass is 19.1. The normalized spacial score (nSPS) is 18.2. The molecule has 1 saturated heterocycles. The van der Waals surface area contributed by atoms with E-state index in [1.165, 1.54) is 16.7 Å². The zero-order valence-electron chi connectivity index (χ0n) is 22.8. The molecule has 5 rings (SSSR count). The van der Waals surface area contributed by atoms with Crippen molar-refractivity contribution in [3.8, 4) is 17.2 Å². The number of phenols is 1. The first-order chi connectivity index (χ1) is 18.4. The SMILES string of the molecule is CCN(Cc1ccc(OC2CCN(C)CC2)c(F)c1)c1cc(OC)ccc1[C@@H]1CCc2cc(O)ccc2C1. The monoisotopic (exact) mass is 518 g/mol. The van der Waals surface area contributed by atoms with Crippen LogP contribution in [0, 0.1) is 5.82 Å². The predicted molar refractivity (Wildman–Crippen MR) is 150 cm³/mol. The molecule has 1 fully saturated rings. The molecule has 1 N–H and O–H groups in total. The van der Waals surface area contributed by atoms with Gasteiger partial charge in [0.15, 0.2) is 11.6 Å². The smallest absolute Gasteiger partial charge is 0.165 e. The van der Waals surface area contributed by atoms with Crippen molar-refractivity contribution in [1.29, 1.82) is 0 Å². The van der Waals surface area contributed by atoms with Crippen LogP contribution >= 0.6 is 0 Å². The summed E-state index contributed by atoms with van der Waals surface area (Å²) >= 11 is 0. The number of rotatable bonds is 8. The lowest BCUT2D eigenvalue weighted by molar-refractivity contribution is 0.110. The van der Waals surface area contributed by atoms with E-state index in [4.69, 9.17) is 9.47 Å². The van der Waals surface area contributed by atoms with Crippen molar-refractivity contribution in [2.24, 2.45) is 0 Å². The first-order valence-corrected chi connectivity index (χ1v) is 13.8. The van der Waals surface area contributed by atoms with Crippen molar-refractivity contribution in [2.45, 2.75) is 57.6 Å². The number of phenolic OH excluding ortho intramolecular Hbond substituents is 1. The number of benzene rings is 3. The predicted octanol–water partition coefficient (Wildman–Crippen LogP) is 6.31. The molecule has 202 valence electrons. The molecule has 3 aromatic rings. The Morgan fingerprint density at radius 2 is 1.82 bits per heavy atom. The van der Waals surface area contributed by atoms with Crippen LogP contribution in [-0.2, 0) is 19.4 Å². The Morgan fingerprint density at radius 1 is 1.00 bits per heavy atom. The van der Waals surface area contributed by atoms with Crippen LogP contribution in [0.4, 0.5) is 10.1 Å². The second kappa shape index (κ2) is 11.6. The molecule has 0 radical (unpaired) electrons. The Morgan fingerprint density at radius 3 is 2.55 bits per heavy atom. The van der Waals surface area contributed by atoms with Crippen molar-refractivity contribution in [1.82, 2.24) is 4.90 Å². The van der Waals surface area contributed by atoms with Crippen molar-refractivity contribution in [3.05, 3.63) is 82.7 Å². The number of ether oxygens (including phenoxy) is 2. The lowest BCUT2D eigenvalue weighted by atomic mass is 9.79. The standard InChI is InChI=1S/C32H39FN2O3/c1-4-35(21-22-5-12-32(30(33)17-22)38-27-13-15-34(2)16-14-27)31-20-28(37-3)10-11-29(31)25-7-6-24-19-26(36)9-8-23(24)18-25/h5,8-12,17,19-20,25,27,36H,4,6-7,13-16,18,21H2,1-3H3/t25-/m1/s1. The van der Waals surface area contributed by atoms with Gasteiger partial charge in [0.25, 0.3) is 0 Å². The fourth-order valence-electron chi connectivity index (χ4n) is 5.88. The Kier molecular flexibility index (Phi) is 8.08. The number of hydrogen-bond donors (Lipinski definition) is 1. The highest BCUT2D eigenvalue weighted by molar-refractivity contribution is 5.60. The van der Waals surface area contributed by atoms with Gasteiger partial charge < -0.3 is 24.4 Å². The number of likely N-dealkylation sites (tertiary alicyclic amines) is 1. The second-order valence-corrected chi connectivity index (χ2v) is 10.7. The summed E-state index contributed by atoms with van der Waals surface area (Å²) in [6.07, 6.45) is 4.81. The molecule has 0 spiro atoms. The number of nitrogens with zero attached hydrogens (tertiary/aromatic N) is 2. The summed E-state index contributed by atoms with van der Waals surface area (Å²) in [5.74, 6) is 1.57. The first-order valence-electron chi connectivity index (χ1n) is 13.8. The van der Waals surface area contributed by atoms with Crippen LogP contribution in [0.3, 0.4) is 0 Å². The average molecular weight is 519 g/mol. The topological polar surface area (TPSA) is 45.2 Å². The van der Waals surface area contributed by atoms with Crippen LogP contribution in [0.5, 0.6) is 17.2 Å². The number of aryl methyl sites for hydroxylation is 1. The van der Waals surface area contributed by atoms with Gasteiger partial charge in [-0.1, -0.05) is 18.2 Å². The summed E-state index contributed by atoms with van der Waals surface area (Å²) < 4.78 is 26.7. The van der Waals surface area contributed by atoms with E-state index in [1.807, 2.05) is 18.2 Å². The Balaban J connectivity index is 1.36. The molecule has 0 aromatic heterocycles. The molecule has 3 aromatic carbocycles. The molecule has 1 aliphatic carbocycles. The Bertz CT molecular complexity index is 1260. The van der Waals surface area contributed by atoms with Crippen LogP contribution < -0.4 is 14.4 Å². The summed E-state index contributed by atoms with van der Waals surface area (Å²) in [4.78, 5) is 4.58. The third-order valence-electron chi connectivity index (χ3n) is 8.15. The molecule has 1 aliphatic heterocycles. The molecule has 6 heteroatoms. The van der Waals surface area contributed by atoms with Gasteiger partial charge in [0.05, 0.1) is 7.11 Å². The summed E-state index contributed by atoms with van der Waals surface area (Å²) in [7, 11) is 3.80. The minimum Gasteiger partial charge on any atom is -0.508 e. The first kappa shape index (κ1) is 26.4. The van der Waals surface area contributed by atoms with Crippen molar-refractivity contribution in [2.75, 3.05) is 38.7 Å². The molecule has 0 bridgehead atoms. The maximum Gasteiger partial charge on any atom is 0.165 e. The van der Waals surface area contributed by atoms with Gasteiger partial charge in [-0.3, -0.25) is 0 Å². The van der Waals surface area contributed by atoms with E-state index in [0.717, 1.165) is 68.7 Å². The number of piperidine rings is 1. The molecule has 0 amide bonds. The van der Waals surface area contributed by atoms with Gasteiger partial charge in [0.2, 0.25) is 0 Å². The molecule has 0 unspecified atom stereocenters. The number of hydrogen-bond acceptors (Lipinski definition) is 5. The van der Waals surface area contributed by atoms with Gasteiger partial charge in [-0.15, -0.1) is 0 Å². The van der Waals surface area contributed by atoms with Crippen molar-refractivity contribution < 1.29 is 19.0 Å². The Hall–Kier alpha value is -3.25. The molecule has 1 atom stereocenters. The zero-order chi connectivity index (χ0) is 26.6. The van der Waals surface area contributed by atoms with E-state index >= 15 is 4.39 Å². The lowest BCUT2D eigenvalue weighted by Crippen LogP contribution is -2.35. The van der Waals surface area contributed by atoms with Gasteiger partial charge in [0.1, 0.15) is 17.6 Å². The van der Waals surface area contributed by atoms with E-state index < -0.39 is 0 Å². The fourth-order valence-corrected chi connectivity index (χ4v) is 5.88. The number of fused-ring (bicyclic) bond motifs is 1. The summed E-state index contributed by atoms with van der Waals surface area (Å²) in [5, 5.41) is 9.89. The maximum atomic E-state index is 15.1. The molecule has 0 saturated carbocycles. The average Bonchev–Trinajstić information content (AvgIpc) is 2.93. The molecule has 1 heterocycles. The minimum atomic E-state index is -0.296. The van der Waals surface area contributed by atoms with Gasteiger partial charge in [-0.25, -0.2) is 4.39 Å². The van der Waals surface area contributed by atoms with E-state index in [1.54, 1.807) is 25.3 Å². The number of halogens is 1. The summed E-state index contributed by atoms with van der Waals surface area (Å²) in [6, 6.07) is 17.5. The summed E-state index contributed by atoms with van der Waals surface area (Å²) in [5.41, 5.74) is 5.87. The van der Waals surface area contributed by atoms with E-state index in [0.29, 0.717) is 24.0 Å². The largest absolute Gasteiger partial charge is 0.508 e. The third kappa shape index (κ3) is 5.91. The van der Waals surface area contributed by atoms with Crippen LogP contribution in [0.15, 0.2) is 54.6 Å². The van der Waals surface area contributed by atoms with Crippen LogP contribution in [0.25, 0.3) is 0 Å².